The Morgan fingerprint density at radius 3 is 2.11 bits per heavy atom. The van der Waals surface area contributed by atoms with Gasteiger partial charge in [-0.05, 0) is 37.1 Å². The molecule has 27 heavy (non-hydrogen) atoms. The van der Waals surface area contributed by atoms with Crippen LogP contribution in [0.1, 0.15) is 29.6 Å². The lowest BCUT2D eigenvalue weighted by Gasteiger charge is -2.14. The second kappa shape index (κ2) is 7.73. The van der Waals surface area contributed by atoms with E-state index in [9.17, 15) is 19.2 Å². The van der Waals surface area contributed by atoms with Crippen LogP contribution < -0.4 is 5.32 Å². The molecule has 1 saturated heterocycles. The molecular formula is C20H23N3O4. The van der Waals surface area contributed by atoms with Crippen molar-refractivity contribution < 1.29 is 19.2 Å². The van der Waals surface area contributed by atoms with Gasteiger partial charge in [0.05, 0.1) is 11.8 Å². The van der Waals surface area contributed by atoms with Crippen LogP contribution in [0.3, 0.4) is 0 Å². The van der Waals surface area contributed by atoms with Gasteiger partial charge in [0, 0.05) is 38.3 Å². The van der Waals surface area contributed by atoms with Crippen LogP contribution in [0.25, 0.3) is 0 Å². The topological polar surface area (TPSA) is 86.8 Å². The van der Waals surface area contributed by atoms with Crippen LogP contribution in [0.4, 0.5) is 5.69 Å². The third kappa shape index (κ3) is 3.92. The molecular weight excluding hydrogens is 346 g/mol. The molecule has 1 fully saturated rings. The molecule has 0 aromatic heterocycles. The van der Waals surface area contributed by atoms with Crippen molar-refractivity contribution in [1.82, 2.24) is 9.80 Å². The van der Waals surface area contributed by atoms with E-state index >= 15 is 0 Å². The van der Waals surface area contributed by atoms with Crippen LogP contribution in [-0.4, -0.2) is 54.1 Å². The summed E-state index contributed by atoms with van der Waals surface area (Å²) in [5, 5.41) is 2.73. The highest BCUT2D eigenvalue weighted by atomic mass is 16.2. The summed E-state index contributed by atoms with van der Waals surface area (Å²) in [4.78, 5) is 51.5. The molecule has 0 unspecified atom stereocenters. The van der Waals surface area contributed by atoms with Gasteiger partial charge in [0.1, 0.15) is 0 Å². The first-order chi connectivity index (χ1) is 12.9. The summed E-state index contributed by atoms with van der Waals surface area (Å²) in [5.74, 6) is -1.28. The number of amides is 4. The van der Waals surface area contributed by atoms with Crippen molar-refractivity contribution >= 4 is 29.3 Å². The molecule has 1 heterocycles. The average Bonchev–Trinajstić information content (AvgIpc) is 2.91. The predicted molar refractivity (Wildman–Crippen MR) is 99.8 cm³/mol. The van der Waals surface area contributed by atoms with E-state index in [-0.39, 0.29) is 48.4 Å². The Kier molecular flexibility index (Phi) is 5.39. The zero-order chi connectivity index (χ0) is 19.6. The van der Waals surface area contributed by atoms with Crippen molar-refractivity contribution in [2.75, 3.05) is 26.0 Å². The number of benzene rings is 1. The molecule has 0 saturated carbocycles. The Labute approximate surface area is 158 Å². The second-order valence-corrected chi connectivity index (χ2v) is 7.06. The van der Waals surface area contributed by atoms with Crippen LogP contribution in [-0.2, 0) is 14.4 Å². The number of carbonyl (C=O) groups is 4. The number of hydrogen-bond donors (Lipinski definition) is 1. The minimum atomic E-state index is -0.282. The monoisotopic (exact) mass is 369 g/mol. The van der Waals surface area contributed by atoms with Crippen molar-refractivity contribution in [1.29, 1.82) is 0 Å². The molecule has 1 aliphatic carbocycles. The van der Waals surface area contributed by atoms with Gasteiger partial charge in [0.25, 0.3) is 5.91 Å². The van der Waals surface area contributed by atoms with Gasteiger partial charge in [-0.2, -0.15) is 0 Å². The zero-order valence-electron chi connectivity index (χ0n) is 15.5. The van der Waals surface area contributed by atoms with E-state index < -0.39 is 0 Å². The zero-order valence-corrected chi connectivity index (χ0v) is 15.5. The maximum Gasteiger partial charge on any atom is 0.253 e. The summed E-state index contributed by atoms with van der Waals surface area (Å²) >= 11 is 0. The molecule has 1 aliphatic heterocycles. The standard InChI is InChI=1S/C20H23N3O4/c1-22(2)18(25)13-7-9-14(10-8-13)21-17(24)11-12-23-19(26)15-5-3-4-6-16(15)20(23)27/h3-4,7-10,15-16H,5-6,11-12H2,1-2H3,(H,21,24)/t15-,16-/m0/s1. The van der Waals surface area contributed by atoms with Crippen LogP contribution >= 0.6 is 0 Å². The number of likely N-dealkylation sites (tertiary alicyclic amines) is 1. The summed E-state index contributed by atoms with van der Waals surface area (Å²) in [5.41, 5.74) is 1.09. The maximum atomic E-state index is 12.4. The van der Waals surface area contributed by atoms with Gasteiger partial charge in [0.2, 0.25) is 17.7 Å². The first-order valence-corrected chi connectivity index (χ1v) is 9.00. The van der Waals surface area contributed by atoms with Crippen molar-refractivity contribution in [3.8, 4) is 0 Å². The van der Waals surface area contributed by atoms with Gasteiger partial charge in [-0.25, -0.2) is 0 Å². The summed E-state index contributed by atoms with van der Waals surface area (Å²) in [7, 11) is 3.34. The first-order valence-electron chi connectivity index (χ1n) is 9.00. The molecule has 7 heteroatoms. The third-order valence-electron chi connectivity index (χ3n) is 4.98. The largest absolute Gasteiger partial charge is 0.345 e. The number of anilines is 1. The number of rotatable bonds is 5. The van der Waals surface area contributed by atoms with Crippen LogP contribution in [0.15, 0.2) is 36.4 Å². The lowest BCUT2D eigenvalue weighted by Crippen LogP contribution is -2.34. The van der Waals surface area contributed by atoms with Crippen molar-refractivity contribution in [2.24, 2.45) is 11.8 Å². The molecule has 7 nitrogen and oxygen atoms in total. The Bertz CT molecular complexity index is 772. The number of hydrogen-bond acceptors (Lipinski definition) is 4. The van der Waals surface area contributed by atoms with Crippen molar-refractivity contribution in [3.63, 3.8) is 0 Å². The molecule has 3 rings (SSSR count). The smallest absolute Gasteiger partial charge is 0.253 e. The number of fused-ring (bicyclic) bond motifs is 1. The molecule has 1 N–H and O–H groups in total. The maximum absolute atomic E-state index is 12.4. The summed E-state index contributed by atoms with van der Waals surface area (Å²) in [6.45, 7) is 0.0910. The molecule has 0 spiro atoms. The molecule has 0 bridgehead atoms. The number of nitrogens with zero attached hydrogens (tertiary/aromatic N) is 2. The predicted octanol–water partition coefficient (Wildman–Crippen LogP) is 1.67. The summed E-state index contributed by atoms with van der Waals surface area (Å²) in [6.07, 6.45) is 5.11. The fourth-order valence-electron chi connectivity index (χ4n) is 3.48. The van der Waals surface area contributed by atoms with Crippen LogP contribution in [0.5, 0.6) is 0 Å². The van der Waals surface area contributed by atoms with E-state index in [0.717, 1.165) is 0 Å². The molecule has 2 aliphatic rings. The van der Waals surface area contributed by atoms with E-state index in [2.05, 4.69) is 5.32 Å². The van der Waals surface area contributed by atoms with E-state index in [0.29, 0.717) is 24.1 Å². The number of carbonyl (C=O) groups excluding carboxylic acids is 4. The Balaban J connectivity index is 1.53. The van der Waals surface area contributed by atoms with E-state index in [1.165, 1.54) is 9.80 Å². The Morgan fingerprint density at radius 1 is 1.04 bits per heavy atom. The Morgan fingerprint density at radius 2 is 1.59 bits per heavy atom. The van der Waals surface area contributed by atoms with Gasteiger partial charge in [-0.3, -0.25) is 24.1 Å². The number of nitrogens with one attached hydrogen (secondary N) is 1. The van der Waals surface area contributed by atoms with Crippen LogP contribution in [0.2, 0.25) is 0 Å². The number of allylic oxidation sites excluding steroid dienone is 2. The molecule has 0 radical (unpaired) electrons. The van der Waals surface area contributed by atoms with Gasteiger partial charge >= 0.3 is 0 Å². The molecule has 1 aromatic rings. The van der Waals surface area contributed by atoms with Crippen molar-refractivity contribution in [2.45, 2.75) is 19.3 Å². The third-order valence-corrected chi connectivity index (χ3v) is 4.98. The van der Waals surface area contributed by atoms with Crippen molar-refractivity contribution in [3.05, 3.63) is 42.0 Å². The minimum absolute atomic E-state index is 0.0444. The molecule has 2 atom stereocenters. The SMILES string of the molecule is CN(C)C(=O)c1ccc(NC(=O)CCN2C(=O)[C@H]3CC=CC[C@@H]3C2=O)cc1. The summed E-state index contributed by atoms with van der Waals surface area (Å²) < 4.78 is 0. The Hall–Kier alpha value is -2.96. The average molecular weight is 369 g/mol. The van der Waals surface area contributed by atoms with Crippen LogP contribution in [0, 0.1) is 11.8 Å². The first kappa shape index (κ1) is 18.8. The second-order valence-electron chi connectivity index (χ2n) is 7.06. The highest BCUT2D eigenvalue weighted by Crippen LogP contribution is 2.35. The highest BCUT2D eigenvalue weighted by Gasteiger charge is 2.46. The minimum Gasteiger partial charge on any atom is -0.345 e. The van der Waals surface area contributed by atoms with Gasteiger partial charge < -0.3 is 10.2 Å². The molecule has 1 aromatic carbocycles. The molecule has 4 amide bonds. The summed E-state index contributed by atoms with van der Waals surface area (Å²) in [6, 6.07) is 6.59. The fraction of sp³-hybridized carbons (Fsp3) is 0.400. The lowest BCUT2D eigenvalue weighted by atomic mass is 9.85. The van der Waals surface area contributed by atoms with E-state index in [1.807, 2.05) is 12.2 Å². The normalized spacial score (nSPS) is 21.2. The highest BCUT2D eigenvalue weighted by molar-refractivity contribution is 6.06. The quantitative estimate of drug-likeness (QED) is 0.632. The van der Waals surface area contributed by atoms with E-state index in [4.69, 9.17) is 0 Å². The fourth-order valence-corrected chi connectivity index (χ4v) is 3.48. The van der Waals surface area contributed by atoms with E-state index in [1.54, 1.807) is 38.4 Å². The molecule has 142 valence electrons. The van der Waals surface area contributed by atoms with Gasteiger partial charge in [-0.1, -0.05) is 12.2 Å². The number of imide groups is 1. The van der Waals surface area contributed by atoms with Gasteiger partial charge in [-0.15, -0.1) is 0 Å². The lowest BCUT2D eigenvalue weighted by molar-refractivity contribution is -0.140. The van der Waals surface area contributed by atoms with Gasteiger partial charge in [0.15, 0.2) is 0 Å².